The summed E-state index contributed by atoms with van der Waals surface area (Å²) in [5, 5.41) is 4.49. The molecule has 0 amide bonds. The molecule has 35 heavy (non-hydrogen) atoms. The van der Waals surface area contributed by atoms with E-state index in [1.165, 1.54) is 6.07 Å². The maximum atomic E-state index is 14.7. The Morgan fingerprint density at radius 2 is 2.06 bits per heavy atom. The van der Waals surface area contributed by atoms with Crippen molar-refractivity contribution < 1.29 is 18.7 Å². The van der Waals surface area contributed by atoms with E-state index >= 15 is 0 Å². The number of esters is 1. The highest BCUT2D eigenvalue weighted by Crippen LogP contribution is 2.39. The minimum absolute atomic E-state index is 0. The van der Waals surface area contributed by atoms with Crippen LogP contribution in [0.15, 0.2) is 48.3 Å². The lowest BCUT2D eigenvalue weighted by molar-refractivity contribution is -0.143. The first-order valence-electron chi connectivity index (χ1n) is 12.0. The molecule has 2 aliphatic rings. The van der Waals surface area contributed by atoms with Gasteiger partial charge in [0, 0.05) is 42.4 Å². The van der Waals surface area contributed by atoms with Gasteiger partial charge >= 0.3 is 5.97 Å². The summed E-state index contributed by atoms with van der Waals surface area (Å²) < 4.78 is 21.5. The van der Waals surface area contributed by atoms with Crippen LogP contribution in [-0.2, 0) is 27.3 Å². The second-order valence-corrected chi connectivity index (χ2v) is 9.65. The van der Waals surface area contributed by atoms with E-state index < -0.39 is 6.04 Å². The van der Waals surface area contributed by atoms with E-state index in [2.05, 4.69) is 16.1 Å². The monoisotopic (exact) mass is 521 g/mol. The van der Waals surface area contributed by atoms with Crippen LogP contribution < -0.4 is 0 Å². The Bertz CT molecular complexity index is 1060. The van der Waals surface area contributed by atoms with Crippen LogP contribution in [0.1, 0.15) is 49.8 Å². The molecule has 1 aromatic carbocycles. The van der Waals surface area contributed by atoms with E-state index in [1.807, 2.05) is 10.9 Å². The van der Waals surface area contributed by atoms with Crippen molar-refractivity contribution >= 4 is 36.8 Å². The number of allylic oxidation sites excluding steroid dienone is 1. The summed E-state index contributed by atoms with van der Waals surface area (Å²) in [6.45, 7) is 4.02. The predicted molar refractivity (Wildman–Crippen MR) is 138 cm³/mol. The number of aryl methyl sites for hydroxylation is 1. The Kier molecular flexibility index (Phi) is 9.95. The number of ether oxygens (including phenoxy) is 1. The number of nitrogens with zero attached hydrogens (tertiary/aromatic N) is 3. The number of piperidine rings is 1. The van der Waals surface area contributed by atoms with E-state index in [-0.39, 0.29) is 41.1 Å². The van der Waals surface area contributed by atoms with E-state index in [4.69, 9.17) is 17.4 Å². The lowest BCUT2D eigenvalue weighted by atomic mass is 9.93. The molecular formula is C26H33ClFN3O3S. The van der Waals surface area contributed by atoms with Gasteiger partial charge in [0.1, 0.15) is 5.82 Å². The fourth-order valence-electron chi connectivity index (χ4n) is 4.46. The van der Waals surface area contributed by atoms with Crippen molar-refractivity contribution in [3.05, 3.63) is 65.3 Å². The summed E-state index contributed by atoms with van der Waals surface area (Å²) in [5.41, 5.74) is 2.56. The van der Waals surface area contributed by atoms with Crippen molar-refractivity contribution in [3.63, 3.8) is 0 Å². The molecule has 2 fully saturated rings. The zero-order chi connectivity index (χ0) is 24.1. The normalized spacial score (nSPS) is 20.3. The Balaban J connectivity index is 0.00000342. The minimum Gasteiger partial charge on any atom is -0.466 e. The molecule has 0 spiro atoms. The SMILES string of the molecule is CCOC(=O)CCc1cnn(CC=C2CN(C(C(=O)C3CC3)c3ccccc3F)CCC2S)c1.Cl. The first-order valence-corrected chi connectivity index (χ1v) is 12.5. The average molecular weight is 522 g/mol. The van der Waals surface area contributed by atoms with Crippen LogP contribution in [0, 0.1) is 11.7 Å². The van der Waals surface area contributed by atoms with E-state index in [1.54, 1.807) is 31.3 Å². The summed E-state index contributed by atoms with van der Waals surface area (Å²) in [6, 6.07) is 6.07. The number of rotatable bonds is 10. The lowest BCUT2D eigenvalue weighted by Crippen LogP contribution is -2.42. The van der Waals surface area contributed by atoms with Crippen molar-refractivity contribution in [3.8, 4) is 0 Å². The molecular weight excluding hydrogens is 489 g/mol. The second kappa shape index (κ2) is 12.7. The van der Waals surface area contributed by atoms with Gasteiger partial charge in [0.25, 0.3) is 0 Å². The van der Waals surface area contributed by atoms with Crippen LogP contribution in [0.3, 0.4) is 0 Å². The lowest BCUT2D eigenvalue weighted by Gasteiger charge is -2.37. The number of carbonyl (C=O) groups is 2. The Labute approximate surface area is 217 Å². The van der Waals surface area contributed by atoms with Crippen LogP contribution >= 0.6 is 25.0 Å². The van der Waals surface area contributed by atoms with Crippen LogP contribution in [0.2, 0.25) is 0 Å². The molecule has 0 bridgehead atoms. The van der Waals surface area contributed by atoms with Crippen molar-refractivity contribution in [2.24, 2.45) is 5.92 Å². The fourth-order valence-corrected chi connectivity index (χ4v) is 4.76. The van der Waals surface area contributed by atoms with E-state index in [0.29, 0.717) is 44.6 Å². The number of hydrogen-bond acceptors (Lipinski definition) is 6. The molecule has 1 aromatic heterocycles. The summed E-state index contributed by atoms with van der Waals surface area (Å²) >= 11 is 4.77. The minimum atomic E-state index is -0.558. The van der Waals surface area contributed by atoms with Crippen molar-refractivity contribution in [1.82, 2.24) is 14.7 Å². The quantitative estimate of drug-likeness (QED) is 0.281. The number of aromatic nitrogens is 2. The van der Waals surface area contributed by atoms with Gasteiger partial charge in [-0.1, -0.05) is 24.3 Å². The number of halogens is 2. The molecule has 1 aliphatic carbocycles. The van der Waals surface area contributed by atoms with E-state index in [9.17, 15) is 14.0 Å². The highest BCUT2D eigenvalue weighted by molar-refractivity contribution is 7.81. The molecule has 9 heteroatoms. The maximum absolute atomic E-state index is 14.7. The number of hydrogen-bond donors (Lipinski definition) is 1. The number of ketones is 1. The number of benzene rings is 1. The van der Waals surface area contributed by atoms with Gasteiger partial charge in [0.2, 0.25) is 0 Å². The molecule has 190 valence electrons. The van der Waals surface area contributed by atoms with Gasteiger partial charge in [-0.2, -0.15) is 17.7 Å². The third kappa shape index (κ3) is 7.18. The number of likely N-dealkylation sites (tertiary alicyclic amines) is 1. The van der Waals surface area contributed by atoms with E-state index in [0.717, 1.165) is 30.4 Å². The largest absolute Gasteiger partial charge is 0.466 e. The number of carbonyl (C=O) groups excluding carboxylic acids is 2. The third-order valence-corrected chi connectivity index (χ3v) is 7.06. The molecule has 2 aromatic rings. The molecule has 6 nitrogen and oxygen atoms in total. The molecule has 4 rings (SSSR count). The molecule has 2 heterocycles. The molecule has 1 aliphatic heterocycles. The first kappa shape index (κ1) is 27.4. The van der Waals surface area contributed by atoms with Gasteiger partial charge in [-0.05, 0) is 49.8 Å². The Morgan fingerprint density at radius 1 is 1.29 bits per heavy atom. The molecule has 0 radical (unpaired) electrons. The maximum Gasteiger partial charge on any atom is 0.306 e. The summed E-state index contributed by atoms with van der Waals surface area (Å²) in [5.74, 6) is -0.363. The van der Waals surface area contributed by atoms with Crippen LogP contribution in [0.5, 0.6) is 0 Å². The summed E-state index contributed by atoms with van der Waals surface area (Å²) in [4.78, 5) is 26.9. The van der Waals surface area contributed by atoms with Gasteiger partial charge in [-0.15, -0.1) is 12.4 Å². The number of Topliss-reactive ketones (excluding diaryl/α,β-unsaturated/α-hetero) is 1. The zero-order valence-corrected chi connectivity index (χ0v) is 21.6. The van der Waals surface area contributed by atoms with Gasteiger partial charge < -0.3 is 4.74 Å². The van der Waals surface area contributed by atoms with Crippen molar-refractivity contribution in [2.75, 3.05) is 19.7 Å². The zero-order valence-electron chi connectivity index (χ0n) is 19.9. The highest BCUT2D eigenvalue weighted by Gasteiger charge is 2.40. The molecule has 2 unspecified atom stereocenters. The van der Waals surface area contributed by atoms with Gasteiger partial charge in [-0.25, -0.2) is 4.39 Å². The predicted octanol–water partition coefficient (Wildman–Crippen LogP) is 4.59. The Morgan fingerprint density at radius 3 is 2.77 bits per heavy atom. The molecule has 1 saturated heterocycles. The summed E-state index contributed by atoms with van der Waals surface area (Å²) in [7, 11) is 0. The van der Waals surface area contributed by atoms with Crippen LogP contribution in [0.4, 0.5) is 4.39 Å². The highest BCUT2D eigenvalue weighted by atomic mass is 35.5. The van der Waals surface area contributed by atoms with Crippen molar-refractivity contribution in [2.45, 2.75) is 56.9 Å². The molecule has 2 atom stereocenters. The average Bonchev–Trinajstić information content (AvgIpc) is 3.58. The molecule has 0 N–H and O–H groups in total. The topological polar surface area (TPSA) is 64.4 Å². The van der Waals surface area contributed by atoms with Gasteiger partial charge in [0.15, 0.2) is 5.78 Å². The standard InChI is InChI=1S/C26H32FN3O3S.ClH/c1-2-33-24(31)10-7-18-15-28-30(16-18)14-11-20-17-29(13-12-23(20)34)25(26(32)19-8-9-19)21-5-3-4-6-22(21)27;/h3-6,11,15-16,19,23,25,34H,2,7-10,12-14,17H2,1H3;1H. The van der Waals surface area contributed by atoms with Crippen LogP contribution in [-0.4, -0.2) is 51.4 Å². The fraction of sp³-hybridized carbons (Fsp3) is 0.500. The second-order valence-electron chi connectivity index (χ2n) is 9.03. The third-order valence-electron chi connectivity index (χ3n) is 6.47. The van der Waals surface area contributed by atoms with Crippen molar-refractivity contribution in [1.29, 1.82) is 0 Å². The van der Waals surface area contributed by atoms with Gasteiger partial charge in [-0.3, -0.25) is 19.2 Å². The first-order chi connectivity index (χ1) is 16.5. The van der Waals surface area contributed by atoms with Crippen LogP contribution in [0.25, 0.3) is 0 Å². The number of thiol groups is 1. The summed E-state index contributed by atoms with van der Waals surface area (Å²) in [6.07, 6.45) is 9.32. The molecule has 1 saturated carbocycles. The smallest absolute Gasteiger partial charge is 0.306 e. The van der Waals surface area contributed by atoms with Gasteiger partial charge in [0.05, 0.1) is 25.4 Å². The Hall–Kier alpha value is -2.16.